The molecule has 1 saturated heterocycles. The minimum atomic E-state index is -0.278. The Morgan fingerprint density at radius 1 is 1.47 bits per heavy atom. The maximum absolute atomic E-state index is 11.2. The lowest BCUT2D eigenvalue weighted by Crippen LogP contribution is -2.51. The van der Waals surface area contributed by atoms with E-state index >= 15 is 0 Å². The minimum absolute atomic E-state index is 0.0233. The molecule has 0 aromatic rings. The molecule has 1 aliphatic heterocycles. The quantitative estimate of drug-likeness (QED) is 0.673. The third kappa shape index (κ3) is 2.83. The van der Waals surface area contributed by atoms with E-state index in [2.05, 4.69) is 15.7 Å². The zero-order valence-corrected chi connectivity index (χ0v) is 9.27. The molecule has 15 heavy (non-hydrogen) atoms. The predicted octanol–water partition coefficient (Wildman–Crippen LogP) is 0.673. The van der Waals surface area contributed by atoms with E-state index in [9.17, 15) is 4.79 Å². The lowest BCUT2D eigenvalue weighted by Gasteiger charge is -2.35. The van der Waals surface area contributed by atoms with E-state index in [1.165, 1.54) is 7.11 Å². The second-order valence-electron chi connectivity index (χ2n) is 3.55. The van der Waals surface area contributed by atoms with Gasteiger partial charge in [-0.2, -0.15) is 5.26 Å². The van der Waals surface area contributed by atoms with Crippen LogP contribution in [0.1, 0.15) is 13.3 Å². The SMILES string of the molecule is CCC(C#N)N1CCN(C(=O)OC)CC1. The summed E-state index contributed by atoms with van der Waals surface area (Å²) in [4.78, 5) is 15.0. The van der Waals surface area contributed by atoms with Gasteiger partial charge in [-0.1, -0.05) is 6.92 Å². The number of nitriles is 1. The van der Waals surface area contributed by atoms with Gasteiger partial charge in [0.05, 0.1) is 19.2 Å². The van der Waals surface area contributed by atoms with Gasteiger partial charge in [-0.05, 0) is 6.42 Å². The third-order valence-electron chi connectivity index (χ3n) is 2.72. The number of rotatable bonds is 2. The van der Waals surface area contributed by atoms with Crippen molar-refractivity contribution in [1.29, 1.82) is 5.26 Å². The molecule has 0 radical (unpaired) electrons. The maximum atomic E-state index is 11.2. The van der Waals surface area contributed by atoms with Gasteiger partial charge < -0.3 is 9.64 Å². The highest BCUT2D eigenvalue weighted by atomic mass is 16.5. The van der Waals surface area contributed by atoms with Gasteiger partial charge in [0.2, 0.25) is 0 Å². The molecule has 1 amide bonds. The lowest BCUT2D eigenvalue weighted by molar-refractivity contribution is 0.0829. The summed E-state index contributed by atoms with van der Waals surface area (Å²) in [5.41, 5.74) is 0. The number of hydrogen-bond donors (Lipinski definition) is 0. The highest BCUT2D eigenvalue weighted by Gasteiger charge is 2.25. The summed E-state index contributed by atoms with van der Waals surface area (Å²) in [6, 6.07) is 2.25. The van der Waals surface area contributed by atoms with E-state index in [1.54, 1.807) is 4.90 Å². The van der Waals surface area contributed by atoms with Gasteiger partial charge in [-0.3, -0.25) is 4.90 Å². The zero-order valence-electron chi connectivity index (χ0n) is 9.27. The van der Waals surface area contributed by atoms with Gasteiger partial charge in [0.25, 0.3) is 0 Å². The Morgan fingerprint density at radius 3 is 2.47 bits per heavy atom. The fraction of sp³-hybridized carbons (Fsp3) is 0.800. The summed E-state index contributed by atoms with van der Waals surface area (Å²) in [5.74, 6) is 0. The van der Waals surface area contributed by atoms with E-state index < -0.39 is 0 Å². The molecular formula is C10H17N3O2. The van der Waals surface area contributed by atoms with E-state index in [0.29, 0.717) is 13.1 Å². The molecule has 1 rings (SSSR count). The van der Waals surface area contributed by atoms with Crippen molar-refractivity contribution >= 4 is 6.09 Å². The van der Waals surface area contributed by atoms with Crippen molar-refractivity contribution in [2.75, 3.05) is 33.3 Å². The van der Waals surface area contributed by atoms with Gasteiger partial charge in [0.1, 0.15) is 0 Å². The average Bonchev–Trinajstić information content (AvgIpc) is 2.30. The van der Waals surface area contributed by atoms with Crippen molar-refractivity contribution in [3.05, 3.63) is 0 Å². The van der Waals surface area contributed by atoms with Gasteiger partial charge >= 0.3 is 6.09 Å². The predicted molar refractivity (Wildman–Crippen MR) is 55.2 cm³/mol. The van der Waals surface area contributed by atoms with Crippen LogP contribution in [0.2, 0.25) is 0 Å². The Labute approximate surface area is 90.2 Å². The van der Waals surface area contributed by atoms with E-state index in [0.717, 1.165) is 19.5 Å². The molecular weight excluding hydrogens is 194 g/mol. The fourth-order valence-electron chi connectivity index (χ4n) is 1.78. The number of carbonyl (C=O) groups is 1. The smallest absolute Gasteiger partial charge is 0.409 e. The summed E-state index contributed by atoms with van der Waals surface area (Å²) in [6.07, 6.45) is 0.550. The fourth-order valence-corrected chi connectivity index (χ4v) is 1.78. The molecule has 0 N–H and O–H groups in total. The summed E-state index contributed by atoms with van der Waals surface area (Å²) < 4.78 is 4.64. The number of ether oxygens (including phenoxy) is 1. The standard InChI is InChI=1S/C10H17N3O2/c1-3-9(8-11)12-4-6-13(7-5-12)10(14)15-2/h9H,3-7H2,1-2H3. The van der Waals surface area contributed by atoms with E-state index in [4.69, 9.17) is 5.26 Å². The summed E-state index contributed by atoms with van der Waals surface area (Å²) in [7, 11) is 1.39. The van der Waals surface area contributed by atoms with Gasteiger partial charge in [0, 0.05) is 26.2 Å². The summed E-state index contributed by atoms with van der Waals surface area (Å²) >= 11 is 0. The molecule has 0 spiro atoms. The van der Waals surface area contributed by atoms with E-state index in [-0.39, 0.29) is 12.1 Å². The Hall–Kier alpha value is -1.28. The van der Waals surface area contributed by atoms with Gasteiger partial charge in [-0.15, -0.1) is 0 Å². The van der Waals surface area contributed by atoms with Crippen LogP contribution in [0.25, 0.3) is 0 Å². The monoisotopic (exact) mass is 211 g/mol. The number of carbonyl (C=O) groups excluding carboxylic acids is 1. The van der Waals surface area contributed by atoms with Crippen molar-refractivity contribution < 1.29 is 9.53 Å². The second-order valence-corrected chi connectivity index (χ2v) is 3.55. The van der Waals surface area contributed by atoms with Crippen LogP contribution in [0.4, 0.5) is 4.79 Å². The van der Waals surface area contributed by atoms with Crippen LogP contribution < -0.4 is 0 Å². The first kappa shape index (κ1) is 11.8. The molecule has 84 valence electrons. The summed E-state index contributed by atoms with van der Waals surface area (Å²) in [5, 5.41) is 8.90. The highest BCUT2D eigenvalue weighted by Crippen LogP contribution is 2.09. The molecule has 0 aromatic heterocycles. The Balaban J connectivity index is 2.42. The van der Waals surface area contributed by atoms with Gasteiger partial charge in [-0.25, -0.2) is 4.79 Å². The summed E-state index contributed by atoms with van der Waals surface area (Å²) in [6.45, 7) is 4.79. The van der Waals surface area contributed by atoms with Crippen molar-refractivity contribution in [1.82, 2.24) is 9.80 Å². The average molecular weight is 211 g/mol. The van der Waals surface area contributed by atoms with Crippen molar-refractivity contribution in [2.24, 2.45) is 0 Å². The first-order valence-electron chi connectivity index (χ1n) is 5.19. The Kier molecular flexibility index (Phi) is 4.37. The van der Waals surface area contributed by atoms with Crippen LogP contribution in [0.5, 0.6) is 0 Å². The topological polar surface area (TPSA) is 56.6 Å². The first-order chi connectivity index (χ1) is 7.22. The zero-order chi connectivity index (χ0) is 11.3. The molecule has 1 aliphatic rings. The van der Waals surface area contributed by atoms with Crippen LogP contribution in [0, 0.1) is 11.3 Å². The van der Waals surface area contributed by atoms with Crippen molar-refractivity contribution in [2.45, 2.75) is 19.4 Å². The largest absolute Gasteiger partial charge is 0.453 e. The third-order valence-corrected chi connectivity index (χ3v) is 2.72. The number of nitrogens with zero attached hydrogens (tertiary/aromatic N) is 3. The van der Waals surface area contributed by atoms with Crippen LogP contribution >= 0.6 is 0 Å². The maximum Gasteiger partial charge on any atom is 0.409 e. The Bertz CT molecular complexity index is 254. The highest BCUT2D eigenvalue weighted by molar-refractivity contribution is 5.67. The van der Waals surface area contributed by atoms with E-state index in [1.807, 2.05) is 6.92 Å². The molecule has 1 fully saturated rings. The molecule has 0 bridgehead atoms. The molecule has 0 aliphatic carbocycles. The van der Waals surface area contributed by atoms with Crippen LogP contribution in [0.15, 0.2) is 0 Å². The molecule has 1 heterocycles. The van der Waals surface area contributed by atoms with Crippen LogP contribution in [-0.4, -0.2) is 55.2 Å². The van der Waals surface area contributed by atoms with Gasteiger partial charge in [0.15, 0.2) is 0 Å². The number of methoxy groups -OCH3 is 1. The van der Waals surface area contributed by atoms with Crippen molar-refractivity contribution in [3.63, 3.8) is 0 Å². The molecule has 5 nitrogen and oxygen atoms in total. The van der Waals surface area contributed by atoms with Crippen molar-refractivity contribution in [3.8, 4) is 6.07 Å². The molecule has 1 atom stereocenters. The molecule has 0 saturated carbocycles. The second kappa shape index (κ2) is 5.56. The minimum Gasteiger partial charge on any atom is -0.453 e. The van der Waals surface area contributed by atoms with Crippen LogP contribution in [-0.2, 0) is 4.74 Å². The molecule has 1 unspecified atom stereocenters. The molecule has 0 aromatic carbocycles. The lowest BCUT2D eigenvalue weighted by atomic mass is 10.2. The van der Waals surface area contributed by atoms with Crippen LogP contribution in [0.3, 0.4) is 0 Å². The number of piperazine rings is 1. The first-order valence-corrected chi connectivity index (χ1v) is 5.19. The number of hydrogen-bond acceptors (Lipinski definition) is 4. The number of amides is 1. The Morgan fingerprint density at radius 2 is 2.07 bits per heavy atom. The molecule has 5 heteroatoms. The normalized spacial score (nSPS) is 19.4.